The summed E-state index contributed by atoms with van der Waals surface area (Å²) in [5.41, 5.74) is 7.25. The quantitative estimate of drug-likeness (QED) is 0.644. The molecule has 4 nitrogen and oxygen atoms in total. The number of aliphatic imine (C=N–C) groups is 1. The molecule has 0 atom stereocenters. The summed E-state index contributed by atoms with van der Waals surface area (Å²) >= 11 is 0. The SMILES string of the molecule is CN=C(N)NCC1(c2cccc(OC)c2)CCCC1. The molecule has 0 bridgehead atoms. The van der Waals surface area contributed by atoms with E-state index in [1.54, 1.807) is 14.2 Å². The van der Waals surface area contributed by atoms with E-state index in [-0.39, 0.29) is 5.41 Å². The van der Waals surface area contributed by atoms with E-state index in [0.717, 1.165) is 12.3 Å². The molecule has 1 aliphatic rings. The Balaban J connectivity index is 2.22. The van der Waals surface area contributed by atoms with Gasteiger partial charge in [-0.3, -0.25) is 4.99 Å². The maximum absolute atomic E-state index is 5.76. The van der Waals surface area contributed by atoms with Gasteiger partial charge in [-0.25, -0.2) is 0 Å². The molecule has 0 spiro atoms. The molecule has 0 saturated heterocycles. The highest BCUT2D eigenvalue weighted by Crippen LogP contribution is 2.41. The summed E-state index contributed by atoms with van der Waals surface area (Å²) in [5, 5.41) is 3.24. The van der Waals surface area contributed by atoms with Crippen molar-refractivity contribution in [1.29, 1.82) is 0 Å². The lowest BCUT2D eigenvalue weighted by atomic mass is 9.78. The molecule has 0 radical (unpaired) electrons. The van der Waals surface area contributed by atoms with Crippen LogP contribution in [0.4, 0.5) is 0 Å². The first-order valence-electron chi connectivity index (χ1n) is 6.81. The predicted molar refractivity (Wildman–Crippen MR) is 78.7 cm³/mol. The maximum Gasteiger partial charge on any atom is 0.188 e. The van der Waals surface area contributed by atoms with Gasteiger partial charge in [0.05, 0.1) is 7.11 Å². The number of benzene rings is 1. The zero-order valence-corrected chi connectivity index (χ0v) is 11.8. The average Bonchev–Trinajstić information content (AvgIpc) is 2.95. The Bertz CT molecular complexity index is 450. The van der Waals surface area contributed by atoms with Crippen LogP contribution in [0, 0.1) is 0 Å². The average molecular weight is 261 g/mol. The first kappa shape index (κ1) is 13.7. The molecule has 0 aliphatic heterocycles. The van der Waals surface area contributed by atoms with Crippen molar-refractivity contribution in [1.82, 2.24) is 5.32 Å². The van der Waals surface area contributed by atoms with Gasteiger partial charge in [0.2, 0.25) is 0 Å². The van der Waals surface area contributed by atoms with Gasteiger partial charge >= 0.3 is 0 Å². The Morgan fingerprint density at radius 2 is 2.16 bits per heavy atom. The van der Waals surface area contributed by atoms with Gasteiger partial charge in [0.1, 0.15) is 5.75 Å². The number of rotatable bonds is 4. The van der Waals surface area contributed by atoms with Gasteiger partial charge in [-0.05, 0) is 30.5 Å². The molecule has 1 aliphatic carbocycles. The van der Waals surface area contributed by atoms with Crippen LogP contribution < -0.4 is 15.8 Å². The first-order valence-corrected chi connectivity index (χ1v) is 6.81. The van der Waals surface area contributed by atoms with E-state index in [0.29, 0.717) is 5.96 Å². The second-order valence-corrected chi connectivity index (χ2v) is 5.18. The van der Waals surface area contributed by atoms with E-state index in [2.05, 4.69) is 28.5 Å². The second-order valence-electron chi connectivity index (χ2n) is 5.18. The number of nitrogens with zero attached hydrogens (tertiary/aromatic N) is 1. The lowest BCUT2D eigenvalue weighted by Gasteiger charge is -2.30. The van der Waals surface area contributed by atoms with Crippen molar-refractivity contribution in [2.45, 2.75) is 31.1 Å². The number of hydrogen-bond acceptors (Lipinski definition) is 2. The molecule has 2 rings (SSSR count). The number of guanidine groups is 1. The Labute approximate surface area is 115 Å². The van der Waals surface area contributed by atoms with Crippen molar-refractivity contribution in [3.63, 3.8) is 0 Å². The van der Waals surface area contributed by atoms with Crippen LogP contribution in [0.15, 0.2) is 29.3 Å². The minimum atomic E-state index is 0.157. The monoisotopic (exact) mass is 261 g/mol. The topological polar surface area (TPSA) is 59.6 Å². The van der Waals surface area contributed by atoms with Gasteiger partial charge in [-0.2, -0.15) is 0 Å². The van der Waals surface area contributed by atoms with Crippen LogP contribution in [0.1, 0.15) is 31.2 Å². The van der Waals surface area contributed by atoms with Crippen LogP contribution in [0.25, 0.3) is 0 Å². The van der Waals surface area contributed by atoms with Crippen molar-refractivity contribution >= 4 is 5.96 Å². The molecule has 3 N–H and O–H groups in total. The predicted octanol–water partition coefficient (Wildman–Crippen LogP) is 2.04. The maximum atomic E-state index is 5.76. The highest BCUT2D eigenvalue weighted by Gasteiger charge is 2.35. The zero-order valence-electron chi connectivity index (χ0n) is 11.8. The lowest BCUT2D eigenvalue weighted by Crippen LogP contribution is -2.42. The number of hydrogen-bond donors (Lipinski definition) is 2. The van der Waals surface area contributed by atoms with E-state index < -0.39 is 0 Å². The lowest BCUT2D eigenvalue weighted by molar-refractivity contribution is 0.404. The molecule has 0 amide bonds. The molecule has 1 saturated carbocycles. The summed E-state index contributed by atoms with van der Waals surface area (Å²) in [6.45, 7) is 0.837. The third-order valence-electron chi connectivity index (χ3n) is 4.09. The number of methoxy groups -OCH3 is 1. The number of nitrogens with one attached hydrogen (secondary N) is 1. The van der Waals surface area contributed by atoms with E-state index in [1.807, 2.05) is 6.07 Å². The van der Waals surface area contributed by atoms with Crippen LogP contribution in [-0.4, -0.2) is 26.7 Å². The largest absolute Gasteiger partial charge is 0.497 e. The second kappa shape index (κ2) is 5.95. The molecule has 0 aromatic heterocycles. The fourth-order valence-corrected chi connectivity index (χ4v) is 2.91. The van der Waals surface area contributed by atoms with E-state index >= 15 is 0 Å². The Morgan fingerprint density at radius 1 is 1.42 bits per heavy atom. The van der Waals surface area contributed by atoms with Crippen LogP contribution >= 0.6 is 0 Å². The van der Waals surface area contributed by atoms with Crippen molar-refractivity contribution in [3.05, 3.63) is 29.8 Å². The molecule has 19 heavy (non-hydrogen) atoms. The van der Waals surface area contributed by atoms with Crippen LogP contribution in [0.3, 0.4) is 0 Å². The Kier molecular flexibility index (Phi) is 4.30. The van der Waals surface area contributed by atoms with E-state index in [4.69, 9.17) is 10.5 Å². The summed E-state index contributed by atoms with van der Waals surface area (Å²) in [7, 11) is 3.41. The van der Waals surface area contributed by atoms with Gasteiger partial charge in [-0.15, -0.1) is 0 Å². The summed E-state index contributed by atoms with van der Waals surface area (Å²) in [4.78, 5) is 3.97. The highest BCUT2D eigenvalue weighted by atomic mass is 16.5. The molecular formula is C15H23N3O. The Hall–Kier alpha value is -1.71. The van der Waals surface area contributed by atoms with E-state index in [9.17, 15) is 0 Å². The van der Waals surface area contributed by atoms with Gasteiger partial charge in [0, 0.05) is 19.0 Å². The summed E-state index contributed by atoms with van der Waals surface area (Å²) in [5.74, 6) is 1.43. The highest BCUT2D eigenvalue weighted by molar-refractivity contribution is 5.77. The number of ether oxygens (including phenoxy) is 1. The first-order chi connectivity index (χ1) is 9.20. The summed E-state index contributed by atoms with van der Waals surface area (Å²) in [6.07, 6.45) is 4.90. The van der Waals surface area contributed by atoms with Crippen LogP contribution in [0.5, 0.6) is 5.75 Å². The van der Waals surface area contributed by atoms with Crippen molar-refractivity contribution < 1.29 is 4.74 Å². The van der Waals surface area contributed by atoms with Crippen LogP contribution in [0.2, 0.25) is 0 Å². The Morgan fingerprint density at radius 3 is 2.79 bits per heavy atom. The summed E-state index contributed by atoms with van der Waals surface area (Å²) < 4.78 is 5.34. The standard InChI is InChI=1S/C15H23N3O/c1-17-14(16)18-11-15(8-3-4-9-15)12-6-5-7-13(10-12)19-2/h5-7,10H,3-4,8-9,11H2,1-2H3,(H3,16,17,18). The zero-order chi connectivity index (χ0) is 13.7. The smallest absolute Gasteiger partial charge is 0.188 e. The van der Waals surface area contributed by atoms with Crippen molar-refractivity contribution in [3.8, 4) is 5.75 Å². The third kappa shape index (κ3) is 3.00. The molecule has 0 heterocycles. The minimum Gasteiger partial charge on any atom is -0.497 e. The molecule has 4 heteroatoms. The molecule has 104 valence electrons. The number of nitrogens with two attached hydrogens (primary N) is 1. The van der Waals surface area contributed by atoms with Gasteiger partial charge < -0.3 is 15.8 Å². The van der Waals surface area contributed by atoms with Gasteiger partial charge in [0.25, 0.3) is 0 Å². The molecule has 1 aromatic carbocycles. The van der Waals surface area contributed by atoms with Gasteiger partial charge in [-0.1, -0.05) is 25.0 Å². The molecular weight excluding hydrogens is 238 g/mol. The van der Waals surface area contributed by atoms with Crippen molar-refractivity contribution in [2.75, 3.05) is 20.7 Å². The third-order valence-corrected chi connectivity index (χ3v) is 4.09. The molecule has 0 unspecified atom stereocenters. The van der Waals surface area contributed by atoms with Crippen LogP contribution in [-0.2, 0) is 5.41 Å². The fraction of sp³-hybridized carbons (Fsp3) is 0.533. The fourth-order valence-electron chi connectivity index (χ4n) is 2.91. The minimum absolute atomic E-state index is 0.157. The van der Waals surface area contributed by atoms with E-state index in [1.165, 1.54) is 31.2 Å². The summed E-state index contributed by atoms with van der Waals surface area (Å²) in [6, 6.07) is 8.38. The van der Waals surface area contributed by atoms with Gasteiger partial charge in [0.15, 0.2) is 5.96 Å². The molecule has 1 aromatic rings. The van der Waals surface area contributed by atoms with Crippen molar-refractivity contribution in [2.24, 2.45) is 10.7 Å². The normalized spacial score (nSPS) is 18.3. The molecule has 1 fully saturated rings.